The molecule has 0 aromatic heterocycles. The maximum atomic E-state index is 12.5. The van der Waals surface area contributed by atoms with E-state index >= 15 is 0 Å². The molecule has 0 bridgehead atoms. The molecule has 1 amide bonds. The molecule has 0 spiro atoms. The Morgan fingerprint density at radius 2 is 1.50 bits per heavy atom. The van der Waals surface area contributed by atoms with Crippen LogP contribution in [0.2, 0.25) is 0 Å². The third-order valence-corrected chi connectivity index (χ3v) is 3.33. The van der Waals surface area contributed by atoms with Gasteiger partial charge in [-0.25, -0.2) is 0 Å². The topological polar surface area (TPSA) is 44.4 Å². The Labute approximate surface area is 138 Å². The van der Waals surface area contributed by atoms with Gasteiger partial charge in [-0.1, -0.05) is 0 Å². The molecule has 0 saturated carbocycles. The van der Waals surface area contributed by atoms with Crippen molar-refractivity contribution in [3.05, 3.63) is 54.1 Å². The molecule has 24 heavy (non-hydrogen) atoms. The largest absolute Gasteiger partial charge is 0.416 e. The highest BCUT2D eigenvalue weighted by atomic mass is 19.4. The Balaban J connectivity index is 1.86. The molecule has 0 unspecified atom stereocenters. The van der Waals surface area contributed by atoms with E-state index < -0.39 is 11.7 Å². The van der Waals surface area contributed by atoms with Crippen LogP contribution in [0.15, 0.2) is 48.5 Å². The third-order valence-electron chi connectivity index (χ3n) is 3.33. The van der Waals surface area contributed by atoms with Gasteiger partial charge in [-0.3, -0.25) is 4.79 Å². The van der Waals surface area contributed by atoms with Gasteiger partial charge in [0, 0.05) is 31.2 Å². The molecule has 0 saturated heterocycles. The minimum absolute atomic E-state index is 0.0409. The number of hydrogen-bond donors (Lipinski definition) is 2. The standard InChI is InChI=1S/C17H18F3N3O/c1-23(2)15-9-7-14(8-10-15)22-16(24)11-21-13-5-3-12(4-6-13)17(18,19)20/h3-10,21H,11H2,1-2H3,(H,22,24). The molecule has 0 atom stereocenters. The molecule has 0 heterocycles. The van der Waals surface area contributed by atoms with E-state index in [0.717, 1.165) is 17.8 Å². The molecule has 0 aliphatic heterocycles. The first-order chi connectivity index (χ1) is 11.3. The zero-order valence-electron chi connectivity index (χ0n) is 13.3. The fraction of sp³-hybridized carbons (Fsp3) is 0.235. The van der Waals surface area contributed by atoms with Crippen LogP contribution >= 0.6 is 0 Å². The van der Waals surface area contributed by atoms with Crippen molar-refractivity contribution in [1.82, 2.24) is 0 Å². The highest BCUT2D eigenvalue weighted by Gasteiger charge is 2.29. The van der Waals surface area contributed by atoms with Gasteiger partial charge in [0.25, 0.3) is 0 Å². The number of nitrogens with zero attached hydrogens (tertiary/aromatic N) is 1. The summed E-state index contributed by atoms with van der Waals surface area (Å²) in [6.45, 7) is -0.0409. The lowest BCUT2D eigenvalue weighted by molar-refractivity contribution is -0.137. The number of hydrogen-bond acceptors (Lipinski definition) is 3. The average Bonchev–Trinajstić information content (AvgIpc) is 2.53. The third kappa shape index (κ3) is 4.91. The lowest BCUT2D eigenvalue weighted by atomic mass is 10.2. The van der Waals surface area contributed by atoms with Crippen molar-refractivity contribution in [2.24, 2.45) is 0 Å². The second kappa shape index (κ2) is 7.25. The number of alkyl halides is 3. The van der Waals surface area contributed by atoms with E-state index in [1.54, 1.807) is 12.1 Å². The molecule has 0 radical (unpaired) electrons. The zero-order chi connectivity index (χ0) is 17.7. The van der Waals surface area contributed by atoms with Crippen molar-refractivity contribution in [3.63, 3.8) is 0 Å². The Kier molecular flexibility index (Phi) is 5.33. The van der Waals surface area contributed by atoms with Crippen LogP contribution in [0, 0.1) is 0 Å². The van der Waals surface area contributed by atoms with Crippen molar-refractivity contribution in [2.75, 3.05) is 36.2 Å². The summed E-state index contributed by atoms with van der Waals surface area (Å²) in [7, 11) is 3.84. The molecule has 2 aromatic rings. The van der Waals surface area contributed by atoms with E-state index in [0.29, 0.717) is 11.4 Å². The summed E-state index contributed by atoms with van der Waals surface area (Å²) in [5.41, 5.74) is 1.38. The molecule has 0 aliphatic carbocycles. The zero-order valence-corrected chi connectivity index (χ0v) is 13.3. The van der Waals surface area contributed by atoms with Gasteiger partial charge in [0.05, 0.1) is 12.1 Å². The summed E-state index contributed by atoms with van der Waals surface area (Å²) in [5.74, 6) is -0.285. The number of rotatable bonds is 5. The van der Waals surface area contributed by atoms with E-state index in [9.17, 15) is 18.0 Å². The molecule has 128 valence electrons. The maximum Gasteiger partial charge on any atom is 0.416 e. The summed E-state index contributed by atoms with van der Waals surface area (Å²) < 4.78 is 37.4. The normalized spacial score (nSPS) is 11.0. The Bertz CT molecular complexity index is 680. The smallest absolute Gasteiger partial charge is 0.378 e. The summed E-state index contributed by atoms with van der Waals surface area (Å²) in [4.78, 5) is 13.8. The molecule has 0 aliphatic rings. The summed E-state index contributed by atoms with van der Waals surface area (Å²) in [5, 5.41) is 5.50. The highest BCUT2D eigenvalue weighted by molar-refractivity contribution is 5.93. The molecule has 7 heteroatoms. The lowest BCUT2D eigenvalue weighted by Crippen LogP contribution is -2.21. The monoisotopic (exact) mass is 337 g/mol. The van der Waals surface area contributed by atoms with Crippen LogP contribution in [-0.2, 0) is 11.0 Å². The van der Waals surface area contributed by atoms with Crippen LogP contribution in [0.5, 0.6) is 0 Å². The molecule has 2 rings (SSSR count). The Hall–Kier alpha value is -2.70. The highest BCUT2D eigenvalue weighted by Crippen LogP contribution is 2.29. The van der Waals surface area contributed by atoms with Crippen molar-refractivity contribution in [2.45, 2.75) is 6.18 Å². The van der Waals surface area contributed by atoms with Crippen LogP contribution in [0.25, 0.3) is 0 Å². The molecule has 2 aromatic carbocycles. The van der Waals surface area contributed by atoms with Gasteiger partial charge >= 0.3 is 6.18 Å². The number of anilines is 3. The first-order valence-corrected chi connectivity index (χ1v) is 7.24. The van der Waals surface area contributed by atoms with Crippen LogP contribution in [0.1, 0.15) is 5.56 Å². The second-order valence-corrected chi connectivity index (χ2v) is 5.42. The number of amides is 1. The Morgan fingerprint density at radius 1 is 0.958 bits per heavy atom. The molecular weight excluding hydrogens is 319 g/mol. The first-order valence-electron chi connectivity index (χ1n) is 7.24. The van der Waals surface area contributed by atoms with Gasteiger partial charge in [0.15, 0.2) is 0 Å². The lowest BCUT2D eigenvalue weighted by Gasteiger charge is -2.13. The minimum atomic E-state index is -4.37. The van der Waals surface area contributed by atoms with Gasteiger partial charge in [-0.2, -0.15) is 13.2 Å². The van der Waals surface area contributed by atoms with Crippen LogP contribution < -0.4 is 15.5 Å². The van der Waals surface area contributed by atoms with E-state index in [4.69, 9.17) is 0 Å². The summed E-state index contributed by atoms with van der Waals surface area (Å²) >= 11 is 0. The number of carbonyl (C=O) groups is 1. The summed E-state index contributed by atoms with van der Waals surface area (Å²) in [6, 6.07) is 11.8. The maximum absolute atomic E-state index is 12.5. The van der Waals surface area contributed by atoms with Gasteiger partial charge in [-0.15, -0.1) is 0 Å². The number of benzene rings is 2. The van der Waals surface area contributed by atoms with Crippen molar-refractivity contribution >= 4 is 23.0 Å². The van der Waals surface area contributed by atoms with Gasteiger partial charge < -0.3 is 15.5 Å². The van der Waals surface area contributed by atoms with Gasteiger partial charge in [0.2, 0.25) is 5.91 Å². The van der Waals surface area contributed by atoms with E-state index in [1.807, 2.05) is 31.1 Å². The molecular formula is C17H18F3N3O. The fourth-order valence-electron chi connectivity index (χ4n) is 2.01. The first kappa shape index (κ1) is 17.7. The predicted molar refractivity (Wildman–Crippen MR) is 89.3 cm³/mol. The van der Waals surface area contributed by atoms with Gasteiger partial charge in [-0.05, 0) is 48.5 Å². The van der Waals surface area contributed by atoms with Crippen LogP contribution in [0.3, 0.4) is 0 Å². The van der Waals surface area contributed by atoms with Gasteiger partial charge in [0.1, 0.15) is 0 Å². The Morgan fingerprint density at radius 3 is 2.00 bits per heavy atom. The van der Waals surface area contributed by atoms with E-state index in [1.165, 1.54) is 12.1 Å². The number of halogens is 3. The quantitative estimate of drug-likeness (QED) is 0.872. The SMILES string of the molecule is CN(C)c1ccc(NC(=O)CNc2ccc(C(F)(F)F)cc2)cc1. The average molecular weight is 337 g/mol. The van der Waals surface area contributed by atoms with Crippen LogP contribution in [-0.4, -0.2) is 26.5 Å². The molecule has 4 nitrogen and oxygen atoms in total. The van der Waals surface area contributed by atoms with Crippen LogP contribution in [0.4, 0.5) is 30.2 Å². The predicted octanol–water partition coefficient (Wildman–Crippen LogP) is 3.82. The second-order valence-electron chi connectivity index (χ2n) is 5.42. The molecule has 0 fully saturated rings. The number of carbonyl (C=O) groups excluding carboxylic acids is 1. The van der Waals surface area contributed by atoms with Crippen molar-refractivity contribution in [1.29, 1.82) is 0 Å². The molecule has 2 N–H and O–H groups in total. The van der Waals surface area contributed by atoms with Crippen molar-refractivity contribution in [3.8, 4) is 0 Å². The van der Waals surface area contributed by atoms with Crippen molar-refractivity contribution < 1.29 is 18.0 Å². The fourth-order valence-corrected chi connectivity index (χ4v) is 2.01. The number of nitrogens with one attached hydrogen (secondary N) is 2. The van der Waals surface area contributed by atoms with E-state index in [-0.39, 0.29) is 12.5 Å². The van der Waals surface area contributed by atoms with E-state index in [2.05, 4.69) is 10.6 Å². The minimum Gasteiger partial charge on any atom is -0.378 e. The summed E-state index contributed by atoms with van der Waals surface area (Å²) in [6.07, 6.45) is -4.37.